The molecule has 1 aliphatic heterocycles. The zero-order chi connectivity index (χ0) is 22.3. The van der Waals surface area contributed by atoms with Gasteiger partial charge in [0.05, 0.1) is 42.8 Å². The van der Waals surface area contributed by atoms with E-state index in [4.69, 9.17) is 25.8 Å². The lowest BCUT2D eigenvalue weighted by Crippen LogP contribution is -2.19. The first kappa shape index (κ1) is 21.2. The fraction of sp³-hybridized carbons (Fsp3) is 0.333. The molecule has 0 spiro atoms. The maximum Gasteiger partial charge on any atom is 0.341 e. The molecule has 6 nitrogen and oxygen atoms in total. The van der Waals surface area contributed by atoms with E-state index in [1.807, 2.05) is 31.2 Å². The third-order valence-electron chi connectivity index (χ3n) is 5.76. The Balaban J connectivity index is 2.12. The standard InChI is InChI=1S/C24H25ClN2O4/c1-6-31-24(28)20-19(17-9-7-8-10-26-17)14(3)27-13(2)11-15-16(22(20)27)12-18(29-4)23(30-5)21(15)25/h7-10,12-13H,6,11H2,1-5H3. The Labute approximate surface area is 186 Å². The van der Waals surface area contributed by atoms with Crippen LogP contribution in [-0.2, 0) is 11.2 Å². The van der Waals surface area contributed by atoms with Gasteiger partial charge in [-0.05, 0) is 51.0 Å². The van der Waals surface area contributed by atoms with Gasteiger partial charge in [-0.25, -0.2) is 4.79 Å². The Morgan fingerprint density at radius 1 is 1.29 bits per heavy atom. The fourth-order valence-electron chi connectivity index (χ4n) is 4.54. The number of pyridine rings is 1. The summed E-state index contributed by atoms with van der Waals surface area (Å²) in [6.45, 7) is 6.21. The summed E-state index contributed by atoms with van der Waals surface area (Å²) >= 11 is 6.76. The number of nitrogens with zero attached hydrogens (tertiary/aromatic N) is 2. The van der Waals surface area contributed by atoms with Gasteiger partial charge in [-0.1, -0.05) is 17.7 Å². The van der Waals surface area contributed by atoms with E-state index in [1.165, 1.54) is 0 Å². The largest absolute Gasteiger partial charge is 0.493 e. The second kappa shape index (κ2) is 8.27. The molecule has 3 aromatic rings. The molecule has 1 aliphatic rings. The quantitative estimate of drug-likeness (QED) is 0.491. The van der Waals surface area contributed by atoms with Crippen molar-refractivity contribution in [1.82, 2.24) is 9.55 Å². The average molecular weight is 441 g/mol. The first-order chi connectivity index (χ1) is 14.9. The molecule has 1 aromatic carbocycles. The molecule has 7 heteroatoms. The molecule has 0 saturated heterocycles. The third kappa shape index (κ3) is 3.26. The molecule has 0 aliphatic carbocycles. The van der Waals surface area contributed by atoms with E-state index in [2.05, 4.69) is 16.5 Å². The molecule has 0 saturated carbocycles. The summed E-state index contributed by atoms with van der Waals surface area (Å²) in [5.74, 6) is 0.626. The molecule has 1 atom stereocenters. The molecule has 0 amide bonds. The maximum atomic E-state index is 13.3. The summed E-state index contributed by atoms with van der Waals surface area (Å²) in [7, 11) is 3.14. The van der Waals surface area contributed by atoms with Crippen LogP contribution < -0.4 is 9.47 Å². The Hall–Kier alpha value is -2.99. The van der Waals surface area contributed by atoms with Crippen LogP contribution >= 0.6 is 11.6 Å². The summed E-state index contributed by atoms with van der Waals surface area (Å²) < 4.78 is 18.7. The number of carbonyl (C=O) groups is 1. The van der Waals surface area contributed by atoms with E-state index < -0.39 is 0 Å². The lowest BCUT2D eigenvalue weighted by molar-refractivity contribution is 0.0528. The summed E-state index contributed by atoms with van der Waals surface area (Å²) in [6, 6.07) is 7.64. The number of fused-ring (bicyclic) bond motifs is 3. The topological polar surface area (TPSA) is 62.6 Å². The molecule has 0 bridgehead atoms. The highest BCUT2D eigenvalue weighted by Crippen LogP contribution is 2.50. The van der Waals surface area contributed by atoms with Crippen LogP contribution in [-0.4, -0.2) is 36.3 Å². The number of hydrogen-bond acceptors (Lipinski definition) is 5. The molecule has 4 rings (SSSR count). The fourth-order valence-corrected chi connectivity index (χ4v) is 4.89. The normalized spacial score (nSPS) is 14.6. The molecule has 162 valence electrons. The van der Waals surface area contributed by atoms with Crippen molar-refractivity contribution in [2.45, 2.75) is 33.2 Å². The summed E-state index contributed by atoms with van der Waals surface area (Å²) in [5, 5.41) is 0.503. The van der Waals surface area contributed by atoms with Gasteiger partial charge >= 0.3 is 5.97 Å². The highest BCUT2D eigenvalue weighted by Gasteiger charge is 2.36. The van der Waals surface area contributed by atoms with Crippen LogP contribution in [0.25, 0.3) is 22.5 Å². The van der Waals surface area contributed by atoms with E-state index in [0.717, 1.165) is 33.8 Å². The monoisotopic (exact) mass is 440 g/mol. The van der Waals surface area contributed by atoms with E-state index >= 15 is 0 Å². The van der Waals surface area contributed by atoms with Gasteiger partial charge in [0.1, 0.15) is 0 Å². The number of ether oxygens (including phenoxy) is 3. The van der Waals surface area contributed by atoms with Crippen molar-refractivity contribution in [1.29, 1.82) is 0 Å². The number of hydrogen-bond donors (Lipinski definition) is 0. The zero-order valence-corrected chi connectivity index (χ0v) is 19.0. The minimum Gasteiger partial charge on any atom is -0.493 e. The van der Waals surface area contributed by atoms with Crippen LogP contribution in [0.2, 0.25) is 5.02 Å². The van der Waals surface area contributed by atoms with Crippen molar-refractivity contribution in [3.05, 3.63) is 52.3 Å². The van der Waals surface area contributed by atoms with Crippen molar-refractivity contribution < 1.29 is 19.0 Å². The van der Waals surface area contributed by atoms with Crippen LogP contribution in [0.1, 0.15) is 41.5 Å². The number of carbonyl (C=O) groups excluding carboxylic acids is 1. The summed E-state index contributed by atoms with van der Waals surface area (Å²) in [5.41, 5.74) is 5.50. The molecular formula is C24H25ClN2O4. The molecule has 31 heavy (non-hydrogen) atoms. The maximum absolute atomic E-state index is 13.3. The highest BCUT2D eigenvalue weighted by molar-refractivity contribution is 6.33. The van der Waals surface area contributed by atoms with Crippen molar-refractivity contribution in [3.8, 4) is 34.0 Å². The van der Waals surface area contributed by atoms with Crippen molar-refractivity contribution in [2.24, 2.45) is 0 Å². The second-order valence-electron chi connectivity index (χ2n) is 7.49. The van der Waals surface area contributed by atoms with E-state index in [9.17, 15) is 4.79 Å². The molecular weight excluding hydrogens is 416 g/mol. The Kier molecular flexibility index (Phi) is 5.67. The van der Waals surface area contributed by atoms with Crippen LogP contribution in [0, 0.1) is 6.92 Å². The predicted octanol–water partition coefficient (Wildman–Crippen LogP) is 5.49. The number of methoxy groups -OCH3 is 2. The molecule has 0 fully saturated rings. The lowest BCUT2D eigenvalue weighted by atomic mass is 9.91. The van der Waals surface area contributed by atoms with E-state index in [0.29, 0.717) is 28.5 Å². The Morgan fingerprint density at radius 3 is 2.68 bits per heavy atom. The van der Waals surface area contributed by atoms with Gasteiger partial charge in [-0.3, -0.25) is 4.98 Å². The smallest absolute Gasteiger partial charge is 0.341 e. The first-order valence-corrected chi connectivity index (χ1v) is 10.6. The van der Waals surface area contributed by atoms with E-state index in [-0.39, 0.29) is 18.6 Å². The SMILES string of the molecule is CCOC(=O)c1c(-c2ccccn2)c(C)n2c1-c1cc(OC)c(OC)c(Cl)c1CC2C. The van der Waals surface area contributed by atoms with Crippen molar-refractivity contribution >= 4 is 17.6 Å². The minimum atomic E-state index is -0.383. The molecule has 2 aromatic heterocycles. The number of benzene rings is 1. The van der Waals surface area contributed by atoms with Crippen molar-refractivity contribution in [2.75, 3.05) is 20.8 Å². The summed E-state index contributed by atoms with van der Waals surface area (Å²) in [4.78, 5) is 17.8. The number of halogens is 1. The number of rotatable bonds is 5. The third-order valence-corrected chi connectivity index (χ3v) is 6.16. The van der Waals surface area contributed by atoms with Gasteiger partial charge in [0.25, 0.3) is 0 Å². The minimum absolute atomic E-state index is 0.0729. The first-order valence-electron chi connectivity index (χ1n) is 10.2. The second-order valence-corrected chi connectivity index (χ2v) is 7.87. The molecule has 1 unspecified atom stereocenters. The number of esters is 1. The Morgan fingerprint density at radius 2 is 2.06 bits per heavy atom. The van der Waals surface area contributed by atoms with Crippen LogP contribution in [0.4, 0.5) is 0 Å². The van der Waals surface area contributed by atoms with Crippen LogP contribution in [0.5, 0.6) is 11.5 Å². The average Bonchev–Trinajstić information content (AvgIpc) is 3.09. The molecule has 0 radical (unpaired) electrons. The number of aromatic nitrogens is 2. The van der Waals surface area contributed by atoms with Crippen molar-refractivity contribution in [3.63, 3.8) is 0 Å². The van der Waals surface area contributed by atoms with Gasteiger partial charge in [0.2, 0.25) is 0 Å². The van der Waals surface area contributed by atoms with Gasteiger partial charge in [0.15, 0.2) is 11.5 Å². The highest BCUT2D eigenvalue weighted by atomic mass is 35.5. The van der Waals surface area contributed by atoms with Gasteiger partial charge in [0, 0.05) is 29.1 Å². The lowest BCUT2D eigenvalue weighted by Gasteiger charge is -2.29. The van der Waals surface area contributed by atoms with Crippen LogP contribution in [0.15, 0.2) is 30.5 Å². The van der Waals surface area contributed by atoms with E-state index in [1.54, 1.807) is 27.3 Å². The van der Waals surface area contributed by atoms with Crippen LogP contribution in [0.3, 0.4) is 0 Å². The van der Waals surface area contributed by atoms with Gasteiger partial charge in [-0.15, -0.1) is 0 Å². The molecule has 0 N–H and O–H groups in total. The van der Waals surface area contributed by atoms with Gasteiger partial charge in [-0.2, -0.15) is 0 Å². The predicted molar refractivity (Wildman–Crippen MR) is 120 cm³/mol. The Bertz CT molecular complexity index is 1150. The molecule has 3 heterocycles. The zero-order valence-electron chi connectivity index (χ0n) is 18.3. The summed E-state index contributed by atoms with van der Waals surface area (Å²) in [6.07, 6.45) is 2.42. The van der Waals surface area contributed by atoms with Gasteiger partial charge < -0.3 is 18.8 Å².